The second-order valence-corrected chi connectivity index (χ2v) is 4.41. The van der Waals surface area contributed by atoms with E-state index in [0.29, 0.717) is 6.54 Å². The summed E-state index contributed by atoms with van der Waals surface area (Å²) in [6.07, 6.45) is 1.89. The Labute approximate surface area is 96.0 Å². The molecule has 1 aromatic heterocycles. The van der Waals surface area contributed by atoms with Gasteiger partial charge >= 0.3 is 0 Å². The van der Waals surface area contributed by atoms with E-state index in [1.165, 1.54) is 0 Å². The summed E-state index contributed by atoms with van der Waals surface area (Å²) in [6, 6.07) is 0. The maximum Gasteiger partial charge on any atom is 0.140 e. The molecule has 5 nitrogen and oxygen atoms in total. The number of hydrogen-bond acceptors (Lipinski definition) is 4. The van der Waals surface area contributed by atoms with Crippen LogP contribution in [0.1, 0.15) is 31.4 Å². The van der Waals surface area contributed by atoms with E-state index in [4.69, 9.17) is 10.5 Å². The Bertz CT molecular complexity index is 355. The predicted octanol–water partition coefficient (Wildman–Crippen LogP) is 0.613. The van der Waals surface area contributed by atoms with Crippen molar-refractivity contribution in [3.05, 3.63) is 11.6 Å². The zero-order chi connectivity index (χ0) is 11.6. The van der Waals surface area contributed by atoms with E-state index in [1.807, 2.05) is 6.92 Å². The average molecular weight is 224 g/mol. The summed E-state index contributed by atoms with van der Waals surface area (Å²) in [5.41, 5.74) is 5.93. The molecule has 0 spiro atoms. The number of aryl methyl sites for hydroxylation is 1. The van der Waals surface area contributed by atoms with Crippen LogP contribution in [0.15, 0.2) is 0 Å². The zero-order valence-corrected chi connectivity index (χ0v) is 10.1. The highest BCUT2D eigenvalue weighted by Gasteiger charge is 2.37. The molecule has 0 aromatic carbocycles. The highest BCUT2D eigenvalue weighted by atomic mass is 16.5. The lowest BCUT2D eigenvalue weighted by atomic mass is 9.79. The Morgan fingerprint density at radius 1 is 1.38 bits per heavy atom. The van der Waals surface area contributed by atoms with Gasteiger partial charge in [-0.3, -0.25) is 0 Å². The Balaban J connectivity index is 2.38. The van der Waals surface area contributed by atoms with Crippen LogP contribution in [0.2, 0.25) is 0 Å². The average Bonchev–Trinajstić information content (AvgIpc) is 2.71. The SMILES string of the molecule is CCn1c(C)nnc1C1(CN)CCOCC1. The van der Waals surface area contributed by atoms with Gasteiger partial charge in [-0.25, -0.2) is 0 Å². The van der Waals surface area contributed by atoms with E-state index in [2.05, 4.69) is 21.7 Å². The first-order valence-electron chi connectivity index (χ1n) is 5.91. The van der Waals surface area contributed by atoms with E-state index < -0.39 is 0 Å². The predicted molar refractivity (Wildman–Crippen MR) is 61.2 cm³/mol. The van der Waals surface area contributed by atoms with Gasteiger partial charge < -0.3 is 15.0 Å². The molecule has 1 aliphatic heterocycles. The largest absolute Gasteiger partial charge is 0.381 e. The molecule has 0 atom stereocenters. The number of aromatic nitrogens is 3. The Kier molecular flexibility index (Phi) is 3.25. The number of hydrogen-bond donors (Lipinski definition) is 1. The lowest BCUT2D eigenvalue weighted by molar-refractivity contribution is 0.0485. The molecule has 2 heterocycles. The van der Waals surface area contributed by atoms with E-state index in [1.54, 1.807) is 0 Å². The molecular weight excluding hydrogens is 204 g/mol. The minimum Gasteiger partial charge on any atom is -0.381 e. The van der Waals surface area contributed by atoms with Crippen molar-refractivity contribution in [3.8, 4) is 0 Å². The molecule has 1 fully saturated rings. The van der Waals surface area contributed by atoms with E-state index >= 15 is 0 Å². The second kappa shape index (κ2) is 4.51. The van der Waals surface area contributed by atoms with Gasteiger partial charge in [0, 0.05) is 31.7 Å². The molecule has 5 heteroatoms. The van der Waals surface area contributed by atoms with Crippen LogP contribution in [0.5, 0.6) is 0 Å². The molecule has 1 saturated heterocycles. The first-order valence-corrected chi connectivity index (χ1v) is 5.91. The number of nitrogens with zero attached hydrogens (tertiary/aromatic N) is 3. The molecule has 0 unspecified atom stereocenters. The van der Waals surface area contributed by atoms with Crippen LogP contribution in [0.4, 0.5) is 0 Å². The Morgan fingerprint density at radius 2 is 2.06 bits per heavy atom. The van der Waals surface area contributed by atoms with Crippen LogP contribution < -0.4 is 5.73 Å². The quantitative estimate of drug-likeness (QED) is 0.817. The third-order valence-electron chi connectivity index (χ3n) is 3.57. The standard InChI is InChI=1S/C11H20N4O/c1-3-15-9(2)13-14-10(15)11(8-12)4-6-16-7-5-11/h3-8,12H2,1-2H3. The highest BCUT2D eigenvalue weighted by molar-refractivity contribution is 5.12. The lowest BCUT2D eigenvalue weighted by Gasteiger charge is -2.35. The van der Waals surface area contributed by atoms with Gasteiger partial charge in [0.15, 0.2) is 0 Å². The van der Waals surface area contributed by atoms with Crippen molar-refractivity contribution in [2.24, 2.45) is 5.73 Å². The van der Waals surface area contributed by atoms with Crippen LogP contribution in [0.3, 0.4) is 0 Å². The number of ether oxygens (including phenoxy) is 1. The van der Waals surface area contributed by atoms with Gasteiger partial charge in [0.25, 0.3) is 0 Å². The van der Waals surface area contributed by atoms with Crippen molar-refractivity contribution in [1.82, 2.24) is 14.8 Å². The molecule has 90 valence electrons. The normalized spacial score (nSPS) is 19.9. The maximum atomic E-state index is 5.97. The maximum absolute atomic E-state index is 5.97. The molecule has 2 N–H and O–H groups in total. The monoisotopic (exact) mass is 224 g/mol. The summed E-state index contributed by atoms with van der Waals surface area (Å²) in [4.78, 5) is 0. The van der Waals surface area contributed by atoms with Crippen molar-refractivity contribution in [2.45, 2.75) is 38.6 Å². The van der Waals surface area contributed by atoms with Gasteiger partial charge in [0.05, 0.1) is 0 Å². The molecule has 0 aliphatic carbocycles. The molecule has 1 aromatic rings. The fourth-order valence-electron chi connectivity index (χ4n) is 2.43. The van der Waals surface area contributed by atoms with Crippen molar-refractivity contribution in [2.75, 3.05) is 19.8 Å². The number of rotatable bonds is 3. The summed E-state index contributed by atoms with van der Waals surface area (Å²) in [6.45, 7) is 7.16. The molecular formula is C11H20N4O. The van der Waals surface area contributed by atoms with Gasteiger partial charge in [0.1, 0.15) is 11.6 Å². The minimum atomic E-state index is -0.0322. The zero-order valence-electron chi connectivity index (χ0n) is 10.1. The van der Waals surface area contributed by atoms with Gasteiger partial charge in [-0.1, -0.05) is 0 Å². The van der Waals surface area contributed by atoms with Gasteiger partial charge in [-0.2, -0.15) is 0 Å². The Morgan fingerprint density at radius 3 is 2.62 bits per heavy atom. The smallest absolute Gasteiger partial charge is 0.140 e. The highest BCUT2D eigenvalue weighted by Crippen LogP contribution is 2.32. The first-order chi connectivity index (χ1) is 7.73. The summed E-state index contributed by atoms with van der Waals surface area (Å²) in [7, 11) is 0. The Hall–Kier alpha value is -0.940. The van der Waals surface area contributed by atoms with Crippen molar-refractivity contribution >= 4 is 0 Å². The second-order valence-electron chi connectivity index (χ2n) is 4.41. The third kappa shape index (κ3) is 1.74. The van der Waals surface area contributed by atoms with Gasteiger partial charge in [-0.05, 0) is 26.7 Å². The van der Waals surface area contributed by atoms with E-state index in [9.17, 15) is 0 Å². The molecule has 1 aliphatic rings. The third-order valence-corrected chi connectivity index (χ3v) is 3.57. The van der Waals surface area contributed by atoms with Crippen LogP contribution in [0, 0.1) is 6.92 Å². The topological polar surface area (TPSA) is 66.0 Å². The molecule has 0 saturated carbocycles. The van der Waals surface area contributed by atoms with Crippen LogP contribution in [0.25, 0.3) is 0 Å². The lowest BCUT2D eigenvalue weighted by Crippen LogP contribution is -2.42. The summed E-state index contributed by atoms with van der Waals surface area (Å²) in [5, 5.41) is 8.50. The molecule has 2 rings (SSSR count). The van der Waals surface area contributed by atoms with Gasteiger partial charge in [-0.15, -0.1) is 10.2 Å². The van der Waals surface area contributed by atoms with Crippen LogP contribution in [-0.4, -0.2) is 34.5 Å². The molecule has 16 heavy (non-hydrogen) atoms. The summed E-state index contributed by atoms with van der Waals surface area (Å²) < 4.78 is 7.58. The fraction of sp³-hybridized carbons (Fsp3) is 0.818. The van der Waals surface area contributed by atoms with E-state index in [0.717, 1.165) is 44.2 Å². The van der Waals surface area contributed by atoms with Crippen LogP contribution in [-0.2, 0) is 16.7 Å². The van der Waals surface area contributed by atoms with Crippen molar-refractivity contribution in [1.29, 1.82) is 0 Å². The van der Waals surface area contributed by atoms with Crippen molar-refractivity contribution < 1.29 is 4.74 Å². The first kappa shape index (κ1) is 11.5. The van der Waals surface area contributed by atoms with E-state index in [-0.39, 0.29) is 5.41 Å². The van der Waals surface area contributed by atoms with Crippen LogP contribution >= 0.6 is 0 Å². The minimum absolute atomic E-state index is 0.0322. The summed E-state index contributed by atoms with van der Waals surface area (Å²) >= 11 is 0. The molecule has 0 bridgehead atoms. The fourth-order valence-corrected chi connectivity index (χ4v) is 2.43. The molecule has 0 radical (unpaired) electrons. The van der Waals surface area contributed by atoms with Gasteiger partial charge in [0.2, 0.25) is 0 Å². The summed E-state index contributed by atoms with van der Waals surface area (Å²) in [5.74, 6) is 2.01. The number of nitrogens with two attached hydrogens (primary N) is 1. The van der Waals surface area contributed by atoms with Crippen molar-refractivity contribution in [3.63, 3.8) is 0 Å². The molecule has 0 amide bonds.